The molecule has 2 rings (SSSR count). The molecule has 0 saturated carbocycles. The van der Waals surface area contributed by atoms with Crippen LogP contribution in [0.3, 0.4) is 0 Å². The van der Waals surface area contributed by atoms with Gasteiger partial charge in [-0.2, -0.15) is 0 Å². The molecule has 2 amide bonds. The molecule has 6 heteroatoms. The summed E-state index contributed by atoms with van der Waals surface area (Å²) in [5, 5.41) is 11.5. The Morgan fingerprint density at radius 2 is 2.10 bits per heavy atom. The number of carbonyl (C=O) groups is 2. The maximum Gasteiger partial charge on any atom is 0.321 e. The lowest BCUT2D eigenvalue weighted by Gasteiger charge is -2.17. The predicted octanol–water partition coefficient (Wildman–Crippen LogP) is 1.96. The molecular weight excluding hydrogens is 272 g/mol. The molecule has 0 spiro atoms. The summed E-state index contributed by atoms with van der Waals surface area (Å²) in [5.41, 5.74) is 1.65. The van der Waals surface area contributed by atoms with Crippen LogP contribution in [-0.2, 0) is 16.0 Å². The molecule has 0 radical (unpaired) electrons. The minimum absolute atomic E-state index is 0.109. The normalized spacial score (nSPS) is 17.8. The maximum absolute atomic E-state index is 12.1. The first-order valence-electron chi connectivity index (χ1n) is 6.98. The van der Waals surface area contributed by atoms with Gasteiger partial charge in [0, 0.05) is 32.3 Å². The van der Waals surface area contributed by atoms with Crippen LogP contribution in [0.5, 0.6) is 0 Å². The van der Waals surface area contributed by atoms with Gasteiger partial charge in [-0.25, -0.2) is 4.79 Å². The molecule has 1 saturated heterocycles. The maximum atomic E-state index is 12.1. The van der Waals surface area contributed by atoms with E-state index in [1.807, 2.05) is 12.1 Å². The van der Waals surface area contributed by atoms with Crippen molar-refractivity contribution in [1.82, 2.24) is 4.90 Å². The monoisotopic (exact) mass is 292 g/mol. The molecule has 1 heterocycles. The van der Waals surface area contributed by atoms with Gasteiger partial charge in [-0.1, -0.05) is 12.1 Å². The van der Waals surface area contributed by atoms with Crippen LogP contribution in [0, 0.1) is 0 Å². The molecule has 21 heavy (non-hydrogen) atoms. The number of rotatable bonds is 5. The molecule has 1 atom stereocenters. The van der Waals surface area contributed by atoms with E-state index < -0.39 is 5.97 Å². The molecule has 0 aromatic heterocycles. The molecule has 1 aromatic rings. The summed E-state index contributed by atoms with van der Waals surface area (Å²) in [6, 6.07) is 7.12. The number of anilines is 1. The van der Waals surface area contributed by atoms with Gasteiger partial charge in [-0.05, 0) is 30.5 Å². The van der Waals surface area contributed by atoms with Gasteiger partial charge in [0.15, 0.2) is 0 Å². The van der Waals surface area contributed by atoms with E-state index in [4.69, 9.17) is 9.84 Å². The Hall–Kier alpha value is -2.08. The van der Waals surface area contributed by atoms with E-state index in [0.717, 1.165) is 12.0 Å². The molecule has 1 fully saturated rings. The SMILES string of the molecule is COC1CCN(C(=O)Nc2ccc(CCC(=O)O)cc2)C1. The number of nitrogens with one attached hydrogen (secondary N) is 1. The Balaban J connectivity index is 1.85. The Kier molecular flexibility index (Phi) is 5.16. The van der Waals surface area contributed by atoms with Crippen molar-refractivity contribution in [3.63, 3.8) is 0 Å². The Labute approximate surface area is 123 Å². The fourth-order valence-electron chi connectivity index (χ4n) is 2.31. The van der Waals surface area contributed by atoms with Crippen molar-refractivity contribution in [1.29, 1.82) is 0 Å². The first-order chi connectivity index (χ1) is 10.1. The third-order valence-corrected chi connectivity index (χ3v) is 3.60. The number of nitrogens with zero attached hydrogens (tertiary/aromatic N) is 1. The standard InChI is InChI=1S/C15H20N2O4/c1-21-13-8-9-17(10-13)15(20)16-12-5-2-11(3-6-12)4-7-14(18)19/h2-3,5-6,13H,4,7-10H2,1H3,(H,16,20)(H,18,19). The van der Waals surface area contributed by atoms with E-state index in [2.05, 4.69) is 5.32 Å². The van der Waals surface area contributed by atoms with Crippen LogP contribution in [0.15, 0.2) is 24.3 Å². The summed E-state index contributed by atoms with van der Waals surface area (Å²) in [5.74, 6) is -0.811. The van der Waals surface area contributed by atoms with Gasteiger partial charge in [-0.15, -0.1) is 0 Å². The smallest absolute Gasteiger partial charge is 0.321 e. The Bertz CT molecular complexity index is 501. The second kappa shape index (κ2) is 7.08. The first kappa shape index (κ1) is 15.3. The summed E-state index contributed by atoms with van der Waals surface area (Å²) in [4.78, 5) is 24.3. The summed E-state index contributed by atoms with van der Waals surface area (Å²) in [6.07, 6.45) is 1.58. The highest BCUT2D eigenvalue weighted by Crippen LogP contribution is 2.15. The number of hydrogen-bond acceptors (Lipinski definition) is 3. The second-order valence-corrected chi connectivity index (χ2v) is 5.11. The average Bonchev–Trinajstić information content (AvgIpc) is 2.95. The number of aryl methyl sites for hydroxylation is 1. The first-order valence-corrected chi connectivity index (χ1v) is 6.98. The highest BCUT2D eigenvalue weighted by molar-refractivity contribution is 5.89. The number of carbonyl (C=O) groups excluding carboxylic acids is 1. The Morgan fingerprint density at radius 3 is 2.67 bits per heavy atom. The van der Waals surface area contributed by atoms with E-state index in [-0.39, 0.29) is 18.6 Å². The quantitative estimate of drug-likeness (QED) is 0.869. The number of carboxylic acids is 1. The van der Waals surface area contributed by atoms with Crippen LogP contribution >= 0.6 is 0 Å². The lowest BCUT2D eigenvalue weighted by Crippen LogP contribution is -2.33. The average molecular weight is 292 g/mol. The van der Waals surface area contributed by atoms with Gasteiger partial charge < -0.3 is 20.1 Å². The molecule has 0 aliphatic carbocycles. The number of ether oxygens (including phenoxy) is 1. The predicted molar refractivity (Wildman–Crippen MR) is 78.4 cm³/mol. The van der Waals surface area contributed by atoms with Crippen molar-refractivity contribution in [2.75, 3.05) is 25.5 Å². The molecular formula is C15H20N2O4. The molecule has 1 aromatic carbocycles. The van der Waals surface area contributed by atoms with Crippen molar-refractivity contribution >= 4 is 17.7 Å². The van der Waals surface area contributed by atoms with Gasteiger partial charge in [0.2, 0.25) is 0 Å². The van der Waals surface area contributed by atoms with Gasteiger partial charge in [0.1, 0.15) is 0 Å². The highest BCUT2D eigenvalue weighted by atomic mass is 16.5. The minimum Gasteiger partial charge on any atom is -0.481 e. The van der Waals surface area contributed by atoms with Crippen molar-refractivity contribution in [3.8, 4) is 0 Å². The lowest BCUT2D eigenvalue weighted by atomic mass is 10.1. The minimum atomic E-state index is -0.811. The highest BCUT2D eigenvalue weighted by Gasteiger charge is 2.25. The zero-order valence-corrected chi connectivity index (χ0v) is 12.0. The molecule has 114 valence electrons. The fourth-order valence-corrected chi connectivity index (χ4v) is 2.31. The summed E-state index contributed by atoms with van der Waals surface area (Å²) < 4.78 is 5.23. The molecule has 1 aliphatic heterocycles. The summed E-state index contributed by atoms with van der Waals surface area (Å²) >= 11 is 0. The zero-order valence-electron chi connectivity index (χ0n) is 12.0. The van der Waals surface area contributed by atoms with Crippen LogP contribution in [0.1, 0.15) is 18.4 Å². The van der Waals surface area contributed by atoms with E-state index in [9.17, 15) is 9.59 Å². The van der Waals surface area contributed by atoms with Gasteiger partial charge >= 0.3 is 12.0 Å². The molecule has 6 nitrogen and oxygen atoms in total. The second-order valence-electron chi connectivity index (χ2n) is 5.11. The van der Waals surface area contributed by atoms with Crippen LogP contribution in [0.25, 0.3) is 0 Å². The molecule has 2 N–H and O–H groups in total. The Morgan fingerprint density at radius 1 is 1.38 bits per heavy atom. The van der Waals surface area contributed by atoms with Gasteiger partial charge in [0.25, 0.3) is 0 Å². The number of amides is 2. The van der Waals surface area contributed by atoms with Gasteiger partial charge in [-0.3, -0.25) is 4.79 Å². The van der Waals surface area contributed by atoms with E-state index >= 15 is 0 Å². The van der Waals surface area contributed by atoms with Crippen molar-refractivity contribution in [3.05, 3.63) is 29.8 Å². The van der Waals surface area contributed by atoms with Crippen molar-refractivity contribution in [2.24, 2.45) is 0 Å². The fraction of sp³-hybridized carbons (Fsp3) is 0.467. The number of hydrogen-bond donors (Lipinski definition) is 2. The van der Waals surface area contributed by atoms with E-state index in [1.165, 1.54) is 0 Å². The van der Waals surface area contributed by atoms with Crippen LogP contribution in [0.2, 0.25) is 0 Å². The van der Waals surface area contributed by atoms with Crippen LogP contribution in [-0.4, -0.2) is 48.3 Å². The molecule has 1 unspecified atom stereocenters. The molecule has 1 aliphatic rings. The number of urea groups is 1. The van der Waals surface area contributed by atoms with Crippen LogP contribution < -0.4 is 5.32 Å². The van der Waals surface area contributed by atoms with Gasteiger partial charge in [0.05, 0.1) is 6.10 Å². The largest absolute Gasteiger partial charge is 0.481 e. The number of carboxylic acid groups (broad SMARTS) is 1. The van der Waals surface area contributed by atoms with Crippen LogP contribution in [0.4, 0.5) is 10.5 Å². The molecule has 0 bridgehead atoms. The zero-order chi connectivity index (χ0) is 15.2. The van der Waals surface area contributed by atoms with E-state index in [1.54, 1.807) is 24.1 Å². The topological polar surface area (TPSA) is 78.9 Å². The van der Waals surface area contributed by atoms with E-state index in [0.29, 0.717) is 25.2 Å². The lowest BCUT2D eigenvalue weighted by molar-refractivity contribution is -0.136. The number of likely N-dealkylation sites (tertiary alicyclic amines) is 1. The number of aliphatic carboxylic acids is 1. The third-order valence-electron chi connectivity index (χ3n) is 3.60. The number of benzene rings is 1. The van der Waals surface area contributed by atoms with Crippen molar-refractivity contribution in [2.45, 2.75) is 25.4 Å². The summed E-state index contributed by atoms with van der Waals surface area (Å²) in [6.45, 7) is 1.31. The van der Waals surface area contributed by atoms with Crippen molar-refractivity contribution < 1.29 is 19.4 Å². The number of methoxy groups -OCH3 is 1. The third kappa shape index (κ3) is 4.46. The summed E-state index contributed by atoms with van der Waals surface area (Å²) in [7, 11) is 1.65.